The molecule has 2 heterocycles. The molecule has 5 nitrogen and oxygen atoms in total. The predicted octanol–water partition coefficient (Wildman–Crippen LogP) is 1.68. The van der Waals surface area contributed by atoms with E-state index >= 15 is 0 Å². The number of rotatable bonds is 2. The molecule has 0 spiro atoms. The van der Waals surface area contributed by atoms with Crippen molar-refractivity contribution in [3.8, 4) is 11.1 Å². The Kier molecular flexibility index (Phi) is 1.85. The molecular formula is C9H8N2O3. The van der Waals surface area contributed by atoms with Crippen LogP contribution in [0.5, 0.6) is 0 Å². The van der Waals surface area contributed by atoms with Gasteiger partial charge in [0.2, 0.25) is 0 Å². The van der Waals surface area contributed by atoms with Crippen LogP contribution < -0.4 is 0 Å². The number of carboxylic acid groups (broad SMARTS) is 1. The number of aromatic amines is 1. The van der Waals surface area contributed by atoms with E-state index in [0.29, 0.717) is 11.1 Å². The van der Waals surface area contributed by atoms with Crippen molar-refractivity contribution in [1.29, 1.82) is 0 Å². The van der Waals surface area contributed by atoms with E-state index in [1.807, 2.05) is 0 Å². The van der Waals surface area contributed by atoms with Crippen molar-refractivity contribution in [2.24, 2.45) is 0 Å². The van der Waals surface area contributed by atoms with Gasteiger partial charge in [-0.25, -0.2) is 4.79 Å². The van der Waals surface area contributed by atoms with E-state index in [0.717, 1.165) is 5.69 Å². The van der Waals surface area contributed by atoms with Gasteiger partial charge < -0.3 is 14.6 Å². The first-order valence-electron chi connectivity index (χ1n) is 4.01. The average molecular weight is 192 g/mol. The molecule has 0 aromatic carbocycles. The first-order valence-corrected chi connectivity index (χ1v) is 4.01. The highest BCUT2D eigenvalue weighted by Gasteiger charge is 2.15. The minimum absolute atomic E-state index is 0.158. The molecule has 2 N–H and O–H groups in total. The third-order valence-electron chi connectivity index (χ3n) is 1.91. The Morgan fingerprint density at radius 1 is 1.64 bits per heavy atom. The fraction of sp³-hybridized carbons (Fsp3) is 0.111. The average Bonchev–Trinajstić information content (AvgIpc) is 2.70. The maximum atomic E-state index is 10.8. The second-order valence-electron chi connectivity index (χ2n) is 2.96. The van der Waals surface area contributed by atoms with Crippen LogP contribution in [0, 0.1) is 6.92 Å². The summed E-state index contributed by atoms with van der Waals surface area (Å²) >= 11 is 0. The zero-order chi connectivity index (χ0) is 10.1. The maximum Gasteiger partial charge on any atom is 0.352 e. The van der Waals surface area contributed by atoms with E-state index in [9.17, 15) is 4.79 Å². The van der Waals surface area contributed by atoms with Gasteiger partial charge in [-0.15, -0.1) is 0 Å². The summed E-state index contributed by atoms with van der Waals surface area (Å²) in [5.74, 6) is -0.991. The van der Waals surface area contributed by atoms with Gasteiger partial charge in [0.1, 0.15) is 12.0 Å². The molecule has 0 aliphatic rings. The highest BCUT2D eigenvalue weighted by atomic mass is 16.5. The van der Waals surface area contributed by atoms with E-state index in [1.165, 1.54) is 12.5 Å². The summed E-state index contributed by atoms with van der Waals surface area (Å²) in [7, 11) is 0. The number of nitrogens with one attached hydrogen (secondary N) is 1. The molecule has 0 saturated carbocycles. The zero-order valence-corrected chi connectivity index (χ0v) is 7.44. The monoisotopic (exact) mass is 192 g/mol. The number of carboxylic acids is 1. The Morgan fingerprint density at radius 2 is 2.43 bits per heavy atom. The second kappa shape index (κ2) is 3.02. The lowest BCUT2D eigenvalue weighted by atomic mass is 10.1. The second-order valence-corrected chi connectivity index (χ2v) is 2.96. The van der Waals surface area contributed by atoms with Gasteiger partial charge in [-0.2, -0.15) is 0 Å². The summed E-state index contributed by atoms with van der Waals surface area (Å²) in [5, 5.41) is 12.4. The van der Waals surface area contributed by atoms with Crippen molar-refractivity contribution < 1.29 is 14.4 Å². The highest BCUT2D eigenvalue weighted by Crippen LogP contribution is 2.24. The fourth-order valence-electron chi connectivity index (χ4n) is 1.32. The van der Waals surface area contributed by atoms with Crippen LogP contribution in [0.1, 0.15) is 16.2 Å². The molecule has 0 saturated heterocycles. The van der Waals surface area contributed by atoms with Crippen LogP contribution >= 0.6 is 0 Å². The molecule has 0 atom stereocenters. The molecular weight excluding hydrogens is 184 g/mol. The van der Waals surface area contributed by atoms with Gasteiger partial charge in [-0.05, 0) is 13.0 Å². The van der Waals surface area contributed by atoms with Gasteiger partial charge in [0.05, 0.1) is 6.20 Å². The molecule has 2 aromatic heterocycles. The summed E-state index contributed by atoms with van der Waals surface area (Å²) in [4.78, 5) is 13.6. The fourth-order valence-corrected chi connectivity index (χ4v) is 1.32. The molecule has 2 aromatic rings. The van der Waals surface area contributed by atoms with Crippen molar-refractivity contribution in [3.63, 3.8) is 0 Å². The van der Waals surface area contributed by atoms with Crippen LogP contribution in [0.25, 0.3) is 11.1 Å². The van der Waals surface area contributed by atoms with Crippen LogP contribution in [0.3, 0.4) is 0 Å². The highest BCUT2D eigenvalue weighted by molar-refractivity contribution is 5.94. The zero-order valence-electron chi connectivity index (χ0n) is 7.44. The number of hydrogen-bond acceptors (Lipinski definition) is 3. The first kappa shape index (κ1) is 8.55. The minimum atomic E-state index is -0.991. The van der Waals surface area contributed by atoms with Gasteiger partial charge in [-0.1, -0.05) is 5.16 Å². The van der Waals surface area contributed by atoms with E-state index < -0.39 is 5.97 Å². The van der Waals surface area contributed by atoms with Crippen LogP contribution in [0.4, 0.5) is 0 Å². The Balaban J connectivity index is 2.58. The Labute approximate surface area is 79.3 Å². The van der Waals surface area contributed by atoms with Crippen LogP contribution in [0.15, 0.2) is 23.0 Å². The van der Waals surface area contributed by atoms with E-state index in [1.54, 1.807) is 13.0 Å². The first-order chi connectivity index (χ1) is 6.68. The van der Waals surface area contributed by atoms with Crippen molar-refractivity contribution in [2.75, 3.05) is 0 Å². The van der Waals surface area contributed by atoms with Gasteiger partial charge in [-0.3, -0.25) is 0 Å². The summed E-state index contributed by atoms with van der Waals surface area (Å²) < 4.78 is 4.66. The lowest BCUT2D eigenvalue weighted by Gasteiger charge is -1.93. The number of nitrogens with zero attached hydrogens (tertiary/aromatic N) is 1. The molecule has 5 heteroatoms. The molecule has 0 unspecified atom stereocenters. The van der Waals surface area contributed by atoms with Crippen molar-refractivity contribution >= 4 is 5.97 Å². The number of aryl methyl sites for hydroxylation is 1. The van der Waals surface area contributed by atoms with Crippen molar-refractivity contribution in [3.05, 3.63) is 29.9 Å². The predicted molar refractivity (Wildman–Crippen MR) is 48.0 cm³/mol. The van der Waals surface area contributed by atoms with E-state index in [-0.39, 0.29) is 5.69 Å². The molecule has 2 rings (SSSR count). The van der Waals surface area contributed by atoms with Crippen molar-refractivity contribution in [1.82, 2.24) is 10.1 Å². The molecule has 0 aliphatic heterocycles. The lowest BCUT2D eigenvalue weighted by molar-refractivity contribution is 0.0692. The van der Waals surface area contributed by atoms with Crippen LogP contribution in [-0.4, -0.2) is 21.2 Å². The Bertz CT molecular complexity index is 456. The Morgan fingerprint density at radius 3 is 3.00 bits per heavy atom. The third kappa shape index (κ3) is 1.28. The summed E-state index contributed by atoms with van der Waals surface area (Å²) in [6.45, 7) is 1.80. The Hall–Kier alpha value is -2.04. The van der Waals surface area contributed by atoms with Gasteiger partial charge in [0, 0.05) is 16.8 Å². The topological polar surface area (TPSA) is 79.1 Å². The number of aromatic nitrogens is 2. The van der Waals surface area contributed by atoms with Gasteiger partial charge in [0.15, 0.2) is 0 Å². The normalized spacial score (nSPS) is 10.4. The smallest absolute Gasteiger partial charge is 0.352 e. The van der Waals surface area contributed by atoms with Crippen molar-refractivity contribution in [2.45, 2.75) is 6.92 Å². The standard InChI is InChI=1S/C9H8N2O3/c1-5-2-7(6-3-10-14-4-6)8(11-5)9(12)13/h2-4,11H,1H3,(H,12,13). The number of carbonyl (C=O) groups is 1. The largest absolute Gasteiger partial charge is 0.477 e. The van der Waals surface area contributed by atoms with Gasteiger partial charge >= 0.3 is 5.97 Å². The van der Waals surface area contributed by atoms with E-state index in [2.05, 4.69) is 14.7 Å². The third-order valence-corrected chi connectivity index (χ3v) is 1.91. The molecule has 0 bridgehead atoms. The SMILES string of the molecule is Cc1cc(-c2cnoc2)c(C(=O)O)[nH]1. The molecule has 14 heavy (non-hydrogen) atoms. The molecule has 0 amide bonds. The van der Waals surface area contributed by atoms with Crippen LogP contribution in [0.2, 0.25) is 0 Å². The summed E-state index contributed by atoms with van der Waals surface area (Å²) in [6.07, 6.45) is 2.89. The molecule has 72 valence electrons. The van der Waals surface area contributed by atoms with E-state index in [4.69, 9.17) is 5.11 Å². The maximum absolute atomic E-state index is 10.8. The summed E-state index contributed by atoms with van der Waals surface area (Å²) in [6, 6.07) is 1.75. The molecule has 0 radical (unpaired) electrons. The minimum Gasteiger partial charge on any atom is -0.477 e. The number of H-pyrrole nitrogens is 1. The molecule has 0 fully saturated rings. The lowest BCUT2D eigenvalue weighted by Crippen LogP contribution is -1.98. The summed E-state index contributed by atoms with van der Waals surface area (Å²) in [5.41, 5.74) is 2.20. The van der Waals surface area contributed by atoms with Gasteiger partial charge in [0.25, 0.3) is 0 Å². The molecule has 0 aliphatic carbocycles. The van der Waals surface area contributed by atoms with Crippen LogP contribution in [-0.2, 0) is 0 Å². The number of hydrogen-bond donors (Lipinski definition) is 2. The number of aromatic carboxylic acids is 1. The quantitative estimate of drug-likeness (QED) is 0.758.